The standard InChI is InChI=1S/C15H19Cl2N3O/c16-11-2-1-3-12(17)15(11)19-14(21)9-20-7-5-13-10(8-20)4-6-18-13/h1-3,10,13,18H,4-9H2,(H,19,21). The number of nitrogens with one attached hydrogen (secondary N) is 2. The van der Waals surface area contributed by atoms with Crippen LogP contribution in [0, 0.1) is 5.92 Å². The van der Waals surface area contributed by atoms with Crippen LogP contribution in [0.1, 0.15) is 12.8 Å². The van der Waals surface area contributed by atoms with Crippen LogP contribution >= 0.6 is 23.2 Å². The molecule has 2 saturated heterocycles. The molecule has 3 rings (SSSR count). The van der Waals surface area contributed by atoms with E-state index in [1.807, 2.05) is 0 Å². The van der Waals surface area contributed by atoms with Crippen molar-refractivity contribution in [3.8, 4) is 0 Å². The number of fused-ring (bicyclic) bond motifs is 1. The van der Waals surface area contributed by atoms with E-state index in [9.17, 15) is 4.79 Å². The molecule has 2 aliphatic heterocycles. The molecule has 114 valence electrons. The smallest absolute Gasteiger partial charge is 0.238 e. The van der Waals surface area contributed by atoms with E-state index in [0.717, 1.165) is 26.1 Å². The first-order chi connectivity index (χ1) is 10.1. The molecule has 0 spiro atoms. The van der Waals surface area contributed by atoms with Gasteiger partial charge in [0.15, 0.2) is 0 Å². The van der Waals surface area contributed by atoms with Crippen LogP contribution < -0.4 is 10.6 Å². The zero-order valence-electron chi connectivity index (χ0n) is 11.7. The number of rotatable bonds is 3. The fourth-order valence-electron chi connectivity index (χ4n) is 3.27. The fraction of sp³-hybridized carbons (Fsp3) is 0.533. The summed E-state index contributed by atoms with van der Waals surface area (Å²) in [7, 11) is 0. The first-order valence-corrected chi connectivity index (χ1v) is 8.08. The van der Waals surface area contributed by atoms with Gasteiger partial charge in [-0.1, -0.05) is 29.3 Å². The summed E-state index contributed by atoms with van der Waals surface area (Å²) < 4.78 is 0. The van der Waals surface area contributed by atoms with Crippen molar-refractivity contribution in [3.05, 3.63) is 28.2 Å². The van der Waals surface area contributed by atoms with E-state index < -0.39 is 0 Å². The molecule has 1 amide bonds. The van der Waals surface area contributed by atoms with Gasteiger partial charge in [0.05, 0.1) is 22.3 Å². The van der Waals surface area contributed by atoms with Gasteiger partial charge in [-0.2, -0.15) is 0 Å². The molecule has 0 saturated carbocycles. The normalized spacial score (nSPS) is 25.6. The van der Waals surface area contributed by atoms with Crippen LogP contribution in [0.5, 0.6) is 0 Å². The van der Waals surface area contributed by atoms with Crippen LogP contribution in [0.2, 0.25) is 10.0 Å². The Kier molecular flexibility index (Phi) is 4.69. The lowest BCUT2D eigenvalue weighted by molar-refractivity contribution is -0.117. The number of amides is 1. The Morgan fingerprint density at radius 1 is 1.33 bits per heavy atom. The topological polar surface area (TPSA) is 44.4 Å². The van der Waals surface area contributed by atoms with Gasteiger partial charge in [0.2, 0.25) is 5.91 Å². The summed E-state index contributed by atoms with van der Waals surface area (Å²) in [4.78, 5) is 14.4. The van der Waals surface area contributed by atoms with Crippen molar-refractivity contribution in [2.24, 2.45) is 5.92 Å². The number of carbonyl (C=O) groups excluding carboxylic acids is 1. The number of likely N-dealkylation sites (tertiary alicyclic amines) is 1. The average molecular weight is 328 g/mol. The number of anilines is 1. The molecule has 2 fully saturated rings. The van der Waals surface area contributed by atoms with Crippen molar-refractivity contribution in [2.45, 2.75) is 18.9 Å². The van der Waals surface area contributed by atoms with E-state index in [1.54, 1.807) is 18.2 Å². The Morgan fingerprint density at radius 3 is 2.86 bits per heavy atom. The molecule has 1 aromatic carbocycles. The van der Waals surface area contributed by atoms with Gasteiger partial charge in [0.25, 0.3) is 0 Å². The molecule has 2 aliphatic rings. The lowest BCUT2D eigenvalue weighted by Gasteiger charge is -2.34. The minimum absolute atomic E-state index is 0.0607. The number of halogens is 2. The Hall–Kier alpha value is -0.810. The molecule has 0 aliphatic carbocycles. The molecule has 2 heterocycles. The summed E-state index contributed by atoms with van der Waals surface area (Å²) >= 11 is 12.1. The monoisotopic (exact) mass is 327 g/mol. The van der Waals surface area contributed by atoms with Crippen LogP contribution in [0.15, 0.2) is 18.2 Å². The maximum atomic E-state index is 12.2. The van der Waals surface area contributed by atoms with Crippen molar-refractivity contribution >= 4 is 34.8 Å². The molecular formula is C15H19Cl2N3O. The van der Waals surface area contributed by atoms with Crippen molar-refractivity contribution in [1.29, 1.82) is 0 Å². The molecule has 2 unspecified atom stereocenters. The molecule has 2 atom stereocenters. The second kappa shape index (κ2) is 6.53. The summed E-state index contributed by atoms with van der Waals surface area (Å²) in [6, 6.07) is 5.85. The highest BCUT2D eigenvalue weighted by Crippen LogP contribution is 2.30. The number of carbonyl (C=O) groups is 1. The molecule has 0 aromatic heterocycles. The van der Waals surface area contributed by atoms with E-state index in [0.29, 0.717) is 34.2 Å². The Balaban J connectivity index is 1.57. The Morgan fingerprint density at radius 2 is 2.10 bits per heavy atom. The molecule has 1 aromatic rings. The van der Waals surface area contributed by atoms with Crippen molar-refractivity contribution in [1.82, 2.24) is 10.2 Å². The van der Waals surface area contributed by atoms with Crippen molar-refractivity contribution < 1.29 is 4.79 Å². The highest BCUT2D eigenvalue weighted by Gasteiger charge is 2.33. The third-order valence-electron chi connectivity index (χ3n) is 4.33. The zero-order chi connectivity index (χ0) is 14.8. The van der Waals surface area contributed by atoms with Crippen molar-refractivity contribution in [2.75, 3.05) is 31.5 Å². The summed E-state index contributed by atoms with van der Waals surface area (Å²) in [5.41, 5.74) is 0.503. The molecular weight excluding hydrogens is 309 g/mol. The van der Waals surface area contributed by atoms with Gasteiger partial charge in [-0.3, -0.25) is 9.69 Å². The van der Waals surface area contributed by atoms with Gasteiger partial charge in [-0.15, -0.1) is 0 Å². The SMILES string of the molecule is O=C(CN1CCC2NCCC2C1)Nc1c(Cl)cccc1Cl. The van der Waals surface area contributed by atoms with E-state index in [1.165, 1.54) is 6.42 Å². The number of hydrogen-bond acceptors (Lipinski definition) is 3. The Labute approximate surface area is 134 Å². The first-order valence-electron chi connectivity index (χ1n) is 7.33. The molecule has 2 N–H and O–H groups in total. The second-order valence-corrected chi connectivity index (χ2v) is 6.59. The van der Waals surface area contributed by atoms with Crippen molar-refractivity contribution in [3.63, 3.8) is 0 Å². The lowest BCUT2D eigenvalue weighted by Crippen LogP contribution is -2.46. The minimum Gasteiger partial charge on any atom is -0.322 e. The maximum Gasteiger partial charge on any atom is 0.238 e. The van der Waals surface area contributed by atoms with Gasteiger partial charge < -0.3 is 10.6 Å². The van der Waals surface area contributed by atoms with E-state index in [4.69, 9.17) is 23.2 Å². The van der Waals surface area contributed by atoms with Gasteiger partial charge in [0, 0.05) is 19.1 Å². The number of benzene rings is 1. The first kappa shape index (κ1) is 15.1. The maximum absolute atomic E-state index is 12.2. The predicted octanol–water partition coefficient (Wildman–Crippen LogP) is 2.62. The Bertz CT molecular complexity index is 517. The van der Waals surface area contributed by atoms with Crippen LogP contribution in [-0.2, 0) is 4.79 Å². The van der Waals surface area contributed by atoms with Crippen LogP contribution in [0.25, 0.3) is 0 Å². The van der Waals surface area contributed by atoms with Crippen LogP contribution in [0.4, 0.5) is 5.69 Å². The summed E-state index contributed by atoms with van der Waals surface area (Å²) in [5.74, 6) is 0.616. The van der Waals surface area contributed by atoms with E-state index in [-0.39, 0.29) is 5.91 Å². The lowest BCUT2D eigenvalue weighted by atomic mass is 9.93. The van der Waals surface area contributed by atoms with Gasteiger partial charge >= 0.3 is 0 Å². The van der Waals surface area contributed by atoms with Gasteiger partial charge in [-0.05, 0) is 37.4 Å². The number of para-hydroxylation sites is 1. The van der Waals surface area contributed by atoms with Crippen LogP contribution in [-0.4, -0.2) is 43.0 Å². The number of hydrogen-bond donors (Lipinski definition) is 2. The van der Waals surface area contributed by atoms with Crippen LogP contribution in [0.3, 0.4) is 0 Å². The van der Waals surface area contributed by atoms with Gasteiger partial charge in [0.1, 0.15) is 0 Å². The fourth-order valence-corrected chi connectivity index (χ4v) is 3.76. The minimum atomic E-state index is -0.0607. The zero-order valence-corrected chi connectivity index (χ0v) is 13.3. The molecule has 6 heteroatoms. The summed E-state index contributed by atoms with van der Waals surface area (Å²) in [6.07, 6.45) is 2.32. The number of nitrogens with zero attached hydrogens (tertiary/aromatic N) is 1. The molecule has 0 radical (unpaired) electrons. The molecule has 4 nitrogen and oxygen atoms in total. The molecule has 21 heavy (non-hydrogen) atoms. The second-order valence-electron chi connectivity index (χ2n) is 5.78. The van der Waals surface area contributed by atoms with Gasteiger partial charge in [-0.25, -0.2) is 0 Å². The third-order valence-corrected chi connectivity index (χ3v) is 4.96. The highest BCUT2D eigenvalue weighted by atomic mass is 35.5. The van der Waals surface area contributed by atoms with E-state index in [2.05, 4.69) is 15.5 Å². The summed E-state index contributed by atoms with van der Waals surface area (Å²) in [5, 5.41) is 7.28. The third kappa shape index (κ3) is 3.51. The number of piperidine rings is 1. The van der Waals surface area contributed by atoms with E-state index >= 15 is 0 Å². The summed E-state index contributed by atoms with van der Waals surface area (Å²) in [6.45, 7) is 3.44. The largest absolute Gasteiger partial charge is 0.322 e. The average Bonchev–Trinajstić information content (AvgIpc) is 2.90. The predicted molar refractivity (Wildman–Crippen MR) is 86.0 cm³/mol. The molecule has 0 bridgehead atoms. The highest BCUT2D eigenvalue weighted by molar-refractivity contribution is 6.39. The quantitative estimate of drug-likeness (QED) is 0.896.